The molecular formula is C38H24N2. The van der Waals surface area contributed by atoms with Crippen LogP contribution in [0.25, 0.3) is 55.6 Å². The van der Waals surface area contributed by atoms with E-state index < -0.39 is 0 Å². The zero-order chi connectivity index (χ0) is 27.3. The first kappa shape index (κ1) is 24.6. The molecular weight excluding hydrogens is 484 g/mol. The molecule has 0 radical (unpaired) electrons. The second kappa shape index (κ2) is 11.0. The van der Waals surface area contributed by atoms with Crippen molar-refractivity contribution in [1.29, 1.82) is 10.5 Å². The predicted molar refractivity (Wildman–Crippen MR) is 163 cm³/mol. The average molecular weight is 509 g/mol. The van der Waals surface area contributed by atoms with Crippen molar-refractivity contribution in [2.45, 2.75) is 0 Å². The van der Waals surface area contributed by atoms with Crippen LogP contribution in [0.4, 0.5) is 0 Å². The van der Waals surface area contributed by atoms with Gasteiger partial charge in [0.15, 0.2) is 0 Å². The normalized spacial score (nSPS) is 10.4. The van der Waals surface area contributed by atoms with Crippen LogP contribution < -0.4 is 0 Å². The molecule has 0 unspecified atom stereocenters. The van der Waals surface area contributed by atoms with Gasteiger partial charge in [0.1, 0.15) is 6.07 Å². The Balaban J connectivity index is 1.95. The maximum Gasteiger partial charge on any atom is 0.100 e. The molecule has 40 heavy (non-hydrogen) atoms. The predicted octanol–water partition coefficient (Wildman–Crippen LogP) is 9.76. The van der Waals surface area contributed by atoms with E-state index >= 15 is 0 Å². The summed E-state index contributed by atoms with van der Waals surface area (Å²) in [5.41, 5.74) is 10.4. The standard InChI is InChI=1S/C38H24N2/c39-25-31-23-13-14-24-32(31)38-33(26-40)34(27-15-5-1-6-16-27)35(28-17-7-2-8-18-28)36(29-19-9-3-10-20-29)37(38)30-21-11-4-12-22-30/h1-24H. The van der Waals surface area contributed by atoms with Gasteiger partial charge in [0.25, 0.3) is 0 Å². The molecule has 6 aromatic carbocycles. The maximum atomic E-state index is 11.0. The molecule has 6 rings (SSSR count). The average Bonchev–Trinajstić information content (AvgIpc) is 3.05. The Bertz CT molecular complexity index is 1880. The Labute approximate surface area is 234 Å². The molecule has 0 spiro atoms. The summed E-state index contributed by atoms with van der Waals surface area (Å²) in [6.45, 7) is 0. The molecule has 0 N–H and O–H groups in total. The molecule has 0 fully saturated rings. The zero-order valence-electron chi connectivity index (χ0n) is 21.8. The minimum Gasteiger partial charge on any atom is -0.192 e. The highest BCUT2D eigenvalue weighted by molar-refractivity contribution is 6.10. The molecule has 0 heterocycles. The van der Waals surface area contributed by atoms with E-state index in [-0.39, 0.29) is 0 Å². The summed E-state index contributed by atoms with van der Waals surface area (Å²) < 4.78 is 0. The summed E-state index contributed by atoms with van der Waals surface area (Å²) in [6, 6.07) is 53.5. The Morgan fingerprint density at radius 3 is 1.10 bits per heavy atom. The largest absolute Gasteiger partial charge is 0.192 e. The van der Waals surface area contributed by atoms with Crippen molar-refractivity contribution in [3.63, 3.8) is 0 Å². The van der Waals surface area contributed by atoms with Gasteiger partial charge in [0, 0.05) is 16.7 Å². The molecule has 2 heteroatoms. The summed E-state index contributed by atoms with van der Waals surface area (Å²) in [4.78, 5) is 0. The molecule has 186 valence electrons. The molecule has 2 nitrogen and oxygen atoms in total. The van der Waals surface area contributed by atoms with E-state index in [9.17, 15) is 10.5 Å². The van der Waals surface area contributed by atoms with Crippen molar-refractivity contribution in [1.82, 2.24) is 0 Å². The van der Waals surface area contributed by atoms with Crippen LogP contribution in [0.3, 0.4) is 0 Å². The third-order valence-electron chi connectivity index (χ3n) is 7.18. The first-order valence-corrected chi connectivity index (χ1v) is 13.2. The van der Waals surface area contributed by atoms with Gasteiger partial charge in [0.2, 0.25) is 0 Å². The van der Waals surface area contributed by atoms with Crippen molar-refractivity contribution < 1.29 is 0 Å². The van der Waals surface area contributed by atoms with Gasteiger partial charge < -0.3 is 0 Å². The minimum atomic E-state index is 0.529. The second-order valence-corrected chi connectivity index (χ2v) is 9.48. The van der Waals surface area contributed by atoms with Crippen LogP contribution in [0.5, 0.6) is 0 Å². The molecule has 0 saturated carbocycles. The third-order valence-corrected chi connectivity index (χ3v) is 7.18. The van der Waals surface area contributed by atoms with Crippen LogP contribution in [-0.2, 0) is 0 Å². The number of rotatable bonds is 5. The van der Waals surface area contributed by atoms with E-state index in [2.05, 4.69) is 60.7 Å². The van der Waals surface area contributed by atoms with Crippen molar-refractivity contribution in [2.75, 3.05) is 0 Å². The first-order valence-electron chi connectivity index (χ1n) is 13.2. The zero-order valence-corrected chi connectivity index (χ0v) is 21.8. The Kier molecular flexibility index (Phi) is 6.75. The minimum absolute atomic E-state index is 0.529. The van der Waals surface area contributed by atoms with Gasteiger partial charge in [-0.2, -0.15) is 10.5 Å². The van der Waals surface area contributed by atoms with Gasteiger partial charge in [-0.3, -0.25) is 0 Å². The van der Waals surface area contributed by atoms with Gasteiger partial charge in [0.05, 0.1) is 17.2 Å². The number of benzene rings is 6. The van der Waals surface area contributed by atoms with E-state index in [1.165, 1.54) is 0 Å². The van der Waals surface area contributed by atoms with Gasteiger partial charge >= 0.3 is 0 Å². The van der Waals surface area contributed by atoms with Crippen LogP contribution in [0, 0.1) is 22.7 Å². The van der Waals surface area contributed by atoms with Crippen LogP contribution in [0.1, 0.15) is 11.1 Å². The van der Waals surface area contributed by atoms with Crippen molar-refractivity contribution in [3.05, 3.63) is 157 Å². The summed E-state index contributed by atoms with van der Waals surface area (Å²) in [6.07, 6.45) is 0. The van der Waals surface area contributed by atoms with Gasteiger partial charge in [-0.15, -0.1) is 0 Å². The molecule has 0 atom stereocenters. The quantitative estimate of drug-likeness (QED) is 0.233. The number of hydrogen-bond acceptors (Lipinski definition) is 2. The third kappa shape index (κ3) is 4.35. The number of nitriles is 2. The highest BCUT2D eigenvalue weighted by Crippen LogP contribution is 2.52. The monoisotopic (exact) mass is 508 g/mol. The highest BCUT2D eigenvalue weighted by atomic mass is 14.3. The van der Waals surface area contributed by atoms with E-state index in [1.54, 1.807) is 0 Å². The Morgan fingerprint density at radius 1 is 0.325 bits per heavy atom. The van der Waals surface area contributed by atoms with E-state index in [0.717, 1.165) is 55.6 Å². The fourth-order valence-electron chi connectivity index (χ4n) is 5.50. The highest BCUT2D eigenvalue weighted by Gasteiger charge is 2.29. The maximum absolute atomic E-state index is 11.0. The van der Waals surface area contributed by atoms with Gasteiger partial charge in [-0.1, -0.05) is 140 Å². The van der Waals surface area contributed by atoms with Crippen molar-refractivity contribution in [2.24, 2.45) is 0 Å². The molecule has 0 aliphatic heterocycles. The lowest BCUT2D eigenvalue weighted by Gasteiger charge is -2.26. The number of hydrogen-bond donors (Lipinski definition) is 0. The van der Waals surface area contributed by atoms with Crippen LogP contribution in [0.15, 0.2) is 146 Å². The molecule has 0 aromatic heterocycles. The van der Waals surface area contributed by atoms with E-state index in [0.29, 0.717) is 11.1 Å². The van der Waals surface area contributed by atoms with E-state index in [1.807, 2.05) is 97.1 Å². The summed E-state index contributed by atoms with van der Waals surface area (Å²) in [5, 5.41) is 21.1. The summed E-state index contributed by atoms with van der Waals surface area (Å²) in [7, 11) is 0. The fourth-order valence-corrected chi connectivity index (χ4v) is 5.50. The van der Waals surface area contributed by atoms with Gasteiger partial charge in [-0.25, -0.2) is 0 Å². The van der Waals surface area contributed by atoms with Crippen molar-refractivity contribution in [3.8, 4) is 67.8 Å². The topological polar surface area (TPSA) is 47.6 Å². The summed E-state index contributed by atoms with van der Waals surface area (Å²) in [5.74, 6) is 0. The molecule has 0 amide bonds. The van der Waals surface area contributed by atoms with Crippen LogP contribution >= 0.6 is 0 Å². The fraction of sp³-hybridized carbons (Fsp3) is 0. The molecule has 6 aromatic rings. The lowest BCUT2D eigenvalue weighted by atomic mass is 9.75. The Hall–Kier alpha value is -5.70. The van der Waals surface area contributed by atoms with Gasteiger partial charge in [-0.05, 0) is 45.0 Å². The van der Waals surface area contributed by atoms with Crippen LogP contribution in [0.2, 0.25) is 0 Å². The van der Waals surface area contributed by atoms with E-state index in [4.69, 9.17) is 0 Å². The smallest absolute Gasteiger partial charge is 0.100 e. The first-order chi connectivity index (χ1) is 19.8. The lowest BCUT2D eigenvalue weighted by Crippen LogP contribution is -2.03. The lowest BCUT2D eigenvalue weighted by molar-refractivity contribution is 1.44. The second-order valence-electron chi connectivity index (χ2n) is 9.48. The van der Waals surface area contributed by atoms with Crippen LogP contribution in [-0.4, -0.2) is 0 Å². The molecule has 0 aliphatic carbocycles. The molecule has 0 aliphatic rings. The molecule has 0 saturated heterocycles. The summed E-state index contributed by atoms with van der Waals surface area (Å²) >= 11 is 0. The SMILES string of the molecule is N#Cc1ccccc1-c1c(C#N)c(-c2ccccc2)c(-c2ccccc2)c(-c2ccccc2)c1-c1ccccc1. The Morgan fingerprint density at radius 2 is 0.675 bits per heavy atom. The molecule has 0 bridgehead atoms. The van der Waals surface area contributed by atoms with Crippen molar-refractivity contribution >= 4 is 0 Å². The number of nitrogens with zero attached hydrogens (tertiary/aromatic N) is 2.